The minimum Gasteiger partial charge on any atom is -0.455 e. The molecule has 262 valence electrons. The second-order valence-electron chi connectivity index (χ2n) is 14.2. The van der Waals surface area contributed by atoms with E-state index < -0.39 is 24.4 Å². The van der Waals surface area contributed by atoms with Crippen LogP contribution in [0, 0.1) is 0 Å². The molecule has 0 amide bonds. The number of cyclic esters (lactones) is 1. The van der Waals surface area contributed by atoms with E-state index in [1.54, 1.807) is 6.08 Å². The highest BCUT2D eigenvalue weighted by Gasteiger charge is 2.36. The Morgan fingerprint density at radius 3 is 1.78 bits per heavy atom. The van der Waals surface area contributed by atoms with E-state index in [1.807, 2.05) is 6.92 Å². The highest BCUT2D eigenvalue weighted by Crippen LogP contribution is 2.31. The molecule has 45 heavy (non-hydrogen) atoms. The zero-order chi connectivity index (χ0) is 32.4. The Bertz CT molecular complexity index is 833. The summed E-state index contributed by atoms with van der Waals surface area (Å²) in [6.45, 7) is 4.07. The van der Waals surface area contributed by atoms with Gasteiger partial charge in [-0.3, -0.25) is 0 Å². The lowest BCUT2D eigenvalue weighted by atomic mass is 9.98. The maximum Gasteiger partial charge on any atom is 0.334 e. The number of carbonyl (C=O) groups excluding carboxylic acids is 1. The van der Waals surface area contributed by atoms with Crippen LogP contribution in [0.15, 0.2) is 11.6 Å². The number of aliphatic hydroxyl groups is 4. The molecule has 2 fully saturated rings. The average molecular weight is 639 g/mol. The van der Waals surface area contributed by atoms with E-state index in [-0.39, 0.29) is 36.5 Å². The third-order valence-corrected chi connectivity index (χ3v) is 10.1. The predicted octanol–water partition coefficient (Wildman–Crippen LogP) is 6.83. The van der Waals surface area contributed by atoms with E-state index in [1.165, 1.54) is 38.5 Å². The minimum atomic E-state index is -0.627. The van der Waals surface area contributed by atoms with Gasteiger partial charge in [0.2, 0.25) is 0 Å². The summed E-state index contributed by atoms with van der Waals surface area (Å²) in [5.41, 5.74) is 0.600. The van der Waals surface area contributed by atoms with Crippen molar-refractivity contribution in [2.75, 3.05) is 0 Å². The number of ether oxygens (including phenoxy) is 3. The number of aliphatic hydroxyl groups excluding tert-OH is 4. The van der Waals surface area contributed by atoms with Crippen LogP contribution in [0.4, 0.5) is 0 Å². The first-order chi connectivity index (χ1) is 21.8. The second kappa shape index (κ2) is 21.8. The molecule has 3 rings (SSSR count). The third-order valence-electron chi connectivity index (χ3n) is 10.1. The van der Waals surface area contributed by atoms with Crippen molar-refractivity contribution in [1.29, 1.82) is 0 Å². The molecule has 8 nitrogen and oxygen atoms in total. The topological polar surface area (TPSA) is 126 Å². The smallest absolute Gasteiger partial charge is 0.334 e. The first kappa shape index (κ1) is 38.4. The van der Waals surface area contributed by atoms with E-state index in [0.717, 1.165) is 83.5 Å². The highest BCUT2D eigenvalue weighted by molar-refractivity contribution is 5.90. The van der Waals surface area contributed by atoms with Gasteiger partial charge in [-0.1, -0.05) is 90.4 Å². The number of esters is 1. The maximum atomic E-state index is 11.7. The summed E-state index contributed by atoms with van der Waals surface area (Å²) < 4.78 is 17.3. The van der Waals surface area contributed by atoms with Crippen molar-refractivity contribution >= 4 is 5.97 Å². The van der Waals surface area contributed by atoms with Crippen molar-refractivity contribution in [3.8, 4) is 0 Å². The first-order valence-electron chi connectivity index (χ1n) is 18.7. The van der Waals surface area contributed by atoms with Gasteiger partial charge in [0.1, 0.15) is 6.10 Å². The second-order valence-corrected chi connectivity index (χ2v) is 14.2. The van der Waals surface area contributed by atoms with Crippen LogP contribution in [-0.4, -0.2) is 81.3 Å². The lowest BCUT2D eigenvalue weighted by Gasteiger charge is -2.24. The van der Waals surface area contributed by atoms with Crippen LogP contribution in [0.3, 0.4) is 0 Å². The standard InChI is InChI=1S/C37H66O8/c1-3-4-5-6-7-8-12-15-18-31(39)35-23-24-36(45-35)33(41)21-20-32(40)34-22-19-30(44-34)17-14-11-9-10-13-16-29(38)26-28-25-27(2)43-37(28)42/h25,27,29-36,38-41H,3-24,26H2,1-2H3/t27-,29+,30+,31+,32-,33+,34-,35+,36+/m0/s1. The molecule has 3 aliphatic rings. The molecule has 3 aliphatic heterocycles. The molecule has 0 aromatic heterocycles. The molecule has 0 bridgehead atoms. The van der Waals surface area contributed by atoms with Crippen LogP contribution in [0.1, 0.15) is 162 Å². The molecular formula is C37H66O8. The lowest BCUT2D eigenvalue weighted by molar-refractivity contribution is -0.139. The van der Waals surface area contributed by atoms with Crippen molar-refractivity contribution in [3.63, 3.8) is 0 Å². The molecule has 2 saturated heterocycles. The van der Waals surface area contributed by atoms with Gasteiger partial charge in [0.15, 0.2) is 0 Å². The zero-order valence-electron chi connectivity index (χ0n) is 28.5. The van der Waals surface area contributed by atoms with Gasteiger partial charge in [0.05, 0.1) is 48.8 Å². The molecule has 0 aliphatic carbocycles. The number of carbonyl (C=O) groups is 1. The highest BCUT2D eigenvalue weighted by atomic mass is 16.5. The Hall–Kier alpha value is -1.03. The molecule has 0 aromatic rings. The summed E-state index contributed by atoms with van der Waals surface area (Å²) in [6.07, 6.45) is 21.6. The van der Waals surface area contributed by atoms with Crippen molar-refractivity contribution in [1.82, 2.24) is 0 Å². The van der Waals surface area contributed by atoms with Crippen LogP contribution < -0.4 is 0 Å². The van der Waals surface area contributed by atoms with Gasteiger partial charge in [-0.15, -0.1) is 0 Å². The van der Waals surface area contributed by atoms with E-state index in [2.05, 4.69) is 6.92 Å². The SMILES string of the molecule is CCCCCCCCCC[C@@H](O)[C@H]1CC[C@H]([C@H](O)CC[C@H](O)[C@@H]2CC[C@@H](CCCCCCC[C@@H](O)CC3=C[C@H](C)OC3=O)O2)O1. The van der Waals surface area contributed by atoms with E-state index in [9.17, 15) is 25.2 Å². The maximum absolute atomic E-state index is 11.7. The van der Waals surface area contributed by atoms with Crippen LogP contribution in [0.5, 0.6) is 0 Å². The van der Waals surface area contributed by atoms with Crippen molar-refractivity contribution in [2.24, 2.45) is 0 Å². The molecule has 0 saturated carbocycles. The number of rotatable bonds is 25. The van der Waals surface area contributed by atoms with Crippen LogP contribution in [-0.2, 0) is 19.0 Å². The number of hydrogen-bond donors (Lipinski definition) is 4. The van der Waals surface area contributed by atoms with Crippen molar-refractivity contribution in [3.05, 3.63) is 11.6 Å². The van der Waals surface area contributed by atoms with Gasteiger partial charge in [-0.05, 0) is 70.8 Å². The van der Waals surface area contributed by atoms with E-state index in [0.29, 0.717) is 31.3 Å². The molecule has 0 aromatic carbocycles. The van der Waals surface area contributed by atoms with Gasteiger partial charge >= 0.3 is 5.97 Å². The lowest BCUT2D eigenvalue weighted by Crippen LogP contribution is -2.33. The molecule has 3 heterocycles. The number of hydrogen-bond acceptors (Lipinski definition) is 8. The van der Waals surface area contributed by atoms with Crippen LogP contribution in [0.2, 0.25) is 0 Å². The fourth-order valence-corrected chi connectivity index (χ4v) is 7.29. The summed E-state index contributed by atoms with van der Waals surface area (Å²) in [5.74, 6) is -0.295. The Morgan fingerprint density at radius 1 is 0.667 bits per heavy atom. The Kier molecular flexibility index (Phi) is 18.6. The molecule has 0 unspecified atom stereocenters. The van der Waals surface area contributed by atoms with E-state index >= 15 is 0 Å². The molecule has 8 heteroatoms. The van der Waals surface area contributed by atoms with Gasteiger partial charge in [-0.2, -0.15) is 0 Å². The Balaban J connectivity index is 1.16. The third kappa shape index (κ3) is 14.7. The molecule has 4 N–H and O–H groups in total. The summed E-state index contributed by atoms with van der Waals surface area (Å²) in [6, 6.07) is 0. The quantitative estimate of drug-likeness (QED) is 0.0634. The fraction of sp³-hybridized carbons (Fsp3) is 0.919. The monoisotopic (exact) mass is 638 g/mol. The predicted molar refractivity (Wildman–Crippen MR) is 177 cm³/mol. The van der Waals surface area contributed by atoms with Crippen molar-refractivity contribution in [2.45, 2.75) is 216 Å². The normalized spacial score (nSPS) is 27.8. The summed E-state index contributed by atoms with van der Waals surface area (Å²) >= 11 is 0. The van der Waals surface area contributed by atoms with Crippen molar-refractivity contribution < 1.29 is 39.4 Å². The summed E-state index contributed by atoms with van der Waals surface area (Å²) in [4.78, 5) is 11.7. The van der Waals surface area contributed by atoms with Gasteiger partial charge in [-0.25, -0.2) is 4.79 Å². The van der Waals surface area contributed by atoms with Gasteiger partial charge < -0.3 is 34.6 Å². The molecule has 9 atom stereocenters. The van der Waals surface area contributed by atoms with Gasteiger partial charge in [0, 0.05) is 12.0 Å². The first-order valence-corrected chi connectivity index (χ1v) is 18.7. The summed E-state index contributed by atoms with van der Waals surface area (Å²) in [7, 11) is 0. The van der Waals surface area contributed by atoms with Crippen LogP contribution >= 0.6 is 0 Å². The Morgan fingerprint density at radius 2 is 1.18 bits per heavy atom. The number of unbranched alkanes of at least 4 members (excludes halogenated alkanes) is 11. The van der Waals surface area contributed by atoms with E-state index in [4.69, 9.17) is 14.2 Å². The average Bonchev–Trinajstić information content (AvgIpc) is 3.77. The van der Waals surface area contributed by atoms with Gasteiger partial charge in [0.25, 0.3) is 0 Å². The molecular weight excluding hydrogens is 572 g/mol. The minimum absolute atomic E-state index is 0.162. The molecule has 0 spiro atoms. The summed E-state index contributed by atoms with van der Waals surface area (Å²) in [5, 5.41) is 42.4. The Labute approximate surface area is 273 Å². The molecule has 0 radical (unpaired) electrons. The zero-order valence-corrected chi connectivity index (χ0v) is 28.5. The largest absolute Gasteiger partial charge is 0.455 e. The van der Waals surface area contributed by atoms with Crippen LogP contribution in [0.25, 0.3) is 0 Å². The fourth-order valence-electron chi connectivity index (χ4n) is 7.29.